The average molecular weight is 289 g/mol. The van der Waals surface area contributed by atoms with Gasteiger partial charge in [-0.1, -0.05) is 6.42 Å². The van der Waals surface area contributed by atoms with E-state index in [4.69, 9.17) is 0 Å². The maximum atomic E-state index is 12.0. The molecule has 1 aliphatic rings. The highest BCUT2D eigenvalue weighted by Gasteiger charge is 2.24. The number of thiazole rings is 1. The third-order valence-electron chi connectivity index (χ3n) is 2.74. The van der Waals surface area contributed by atoms with E-state index in [9.17, 15) is 13.2 Å². The predicted octanol–water partition coefficient (Wildman–Crippen LogP) is 1.49. The van der Waals surface area contributed by atoms with Crippen molar-refractivity contribution in [2.45, 2.75) is 26.2 Å². The number of nitrogens with one attached hydrogen (secondary N) is 1. The molecule has 0 aromatic carbocycles. The largest absolute Gasteiger partial charge is 0.303 e. The minimum absolute atomic E-state index is 0.172. The van der Waals surface area contributed by atoms with Crippen LogP contribution in [-0.2, 0) is 10.2 Å². The van der Waals surface area contributed by atoms with Gasteiger partial charge in [-0.05, 0) is 12.8 Å². The zero-order valence-electron chi connectivity index (χ0n) is 10.0. The van der Waals surface area contributed by atoms with Crippen LogP contribution in [0.4, 0.5) is 5.13 Å². The number of hydrogen-bond donors (Lipinski definition) is 1. The van der Waals surface area contributed by atoms with Gasteiger partial charge in [0.25, 0.3) is 0 Å². The van der Waals surface area contributed by atoms with Gasteiger partial charge in [0, 0.05) is 25.4 Å². The average Bonchev–Trinajstić information content (AvgIpc) is 2.78. The van der Waals surface area contributed by atoms with Gasteiger partial charge >= 0.3 is 10.2 Å². The van der Waals surface area contributed by atoms with Crippen molar-refractivity contribution in [3.8, 4) is 0 Å². The lowest BCUT2D eigenvalue weighted by atomic mass is 10.2. The maximum Gasteiger partial charge on any atom is 0.303 e. The number of rotatable bonds is 4. The van der Waals surface area contributed by atoms with E-state index >= 15 is 0 Å². The van der Waals surface area contributed by atoms with Gasteiger partial charge in [0.05, 0.1) is 0 Å². The first-order valence-corrected chi connectivity index (χ1v) is 8.05. The Morgan fingerprint density at radius 2 is 2.06 bits per heavy atom. The van der Waals surface area contributed by atoms with Crippen LogP contribution in [-0.4, -0.2) is 36.6 Å². The summed E-state index contributed by atoms with van der Waals surface area (Å²) >= 11 is 1.12. The van der Waals surface area contributed by atoms with E-state index in [0.29, 0.717) is 13.1 Å². The Morgan fingerprint density at radius 3 is 2.61 bits per heavy atom. The first-order valence-electron chi connectivity index (χ1n) is 5.73. The summed E-state index contributed by atoms with van der Waals surface area (Å²) < 4.78 is 27.9. The molecule has 2 rings (SSSR count). The number of anilines is 1. The van der Waals surface area contributed by atoms with Crippen molar-refractivity contribution < 1.29 is 13.2 Å². The van der Waals surface area contributed by atoms with E-state index in [1.54, 1.807) is 5.38 Å². The molecule has 1 aromatic rings. The van der Waals surface area contributed by atoms with Crippen molar-refractivity contribution in [2.24, 2.45) is 0 Å². The van der Waals surface area contributed by atoms with Gasteiger partial charge in [0.15, 0.2) is 10.9 Å². The zero-order valence-corrected chi connectivity index (χ0v) is 11.7. The summed E-state index contributed by atoms with van der Waals surface area (Å²) in [6.45, 7) is 2.48. The minimum atomic E-state index is -3.53. The second-order valence-electron chi connectivity index (χ2n) is 4.16. The Morgan fingerprint density at radius 1 is 1.39 bits per heavy atom. The van der Waals surface area contributed by atoms with Gasteiger partial charge in [-0.2, -0.15) is 12.7 Å². The molecule has 6 nitrogen and oxygen atoms in total. The highest BCUT2D eigenvalue weighted by molar-refractivity contribution is 7.90. The van der Waals surface area contributed by atoms with E-state index < -0.39 is 10.2 Å². The molecule has 1 aromatic heterocycles. The highest BCUT2D eigenvalue weighted by Crippen LogP contribution is 2.20. The Balaban J connectivity index is 2.08. The third-order valence-corrected chi connectivity index (χ3v) is 5.12. The molecule has 0 aliphatic carbocycles. The van der Waals surface area contributed by atoms with Crippen molar-refractivity contribution in [3.63, 3.8) is 0 Å². The number of Topliss-reactive ketones (excluding diaryl/α,β-unsaturated/α-hetero) is 1. The highest BCUT2D eigenvalue weighted by atomic mass is 32.2. The van der Waals surface area contributed by atoms with Gasteiger partial charge in [-0.25, -0.2) is 9.71 Å². The molecule has 0 amide bonds. The van der Waals surface area contributed by atoms with Crippen molar-refractivity contribution in [3.05, 3.63) is 11.1 Å². The molecule has 1 saturated heterocycles. The van der Waals surface area contributed by atoms with Gasteiger partial charge in [0.2, 0.25) is 0 Å². The van der Waals surface area contributed by atoms with E-state index in [-0.39, 0.29) is 16.6 Å². The van der Waals surface area contributed by atoms with Crippen molar-refractivity contribution in [2.75, 3.05) is 17.8 Å². The maximum absolute atomic E-state index is 12.0. The summed E-state index contributed by atoms with van der Waals surface area (Å²) in [5.41, 5.74) is 0.288. The Bertz CT molecular complexity index is 532. The molecular weight excluding hydrogens is 274 g/mol. The Labute approximate surface area is 110 Å². The van der Waals surface area contributed by atoms with Crippen LogP contribution in [0.2, 0.25) is 0 Å². The summed E-state index contributed by atoms with van der Waals surface area (Å²) in [4.78, 5) is 15.0. The van der Waals surface area contributed by atoms with Crippen molar-refractivity contribution in [1.82, 2.24) is 9.29 Å². The van der Waals surface area contributed by atoms with Crippen LogP contribution in [0.5, 0.6) is 0 Å². The quantitative estimate of drug-likeness (QED) is 0.852. The topological polar surface area (TPSA) is 79.4 Å². The van der Waals surface area contributed by atoms with Crippen LogP contribution in [0.15, 0.2) is 5.38 Å². The van der Waals surface area contributed by atoms with Gasteiger partial charge < -0.3 is 0 Å². The lowest BCUT2D eigenvalue weighted by Crippen LogP contribution is -2.39. The number of carbonyl (C=O) groups excluding carboxylic acids is 1. The van der Waals surface area contributed by atoms with Crippen LogP contribution in [0, 0.1) is 0 Å². The number of nitrogens with zero attached hydrogens (tertiary/aromatic N) is 2. The van der Waals surface area contributed by atoms with E-state index in [1.807, 2.05) is 0 Å². The molecule has 2 heterocycles. The monoisotopic (exact) mass is 289 g/mol. The Hall–Kier alpha value is -0.990. The fourth-order valence-electron chi connectivity index (χ4n) is 1.76. The fourth-order valence-corrected chi connectivity index (χ4v) is 4.00. The molecule has 18 heavy (non-hydrogen) atoms. The molecular formula is C10H15N3O3S2. The van der Waals surface area contributed by atoms with Gasteiger partial charge in [-0.3, -0.25) is 4.79 Å². The van der Waals surface area contributed by atoms with Gasteiger partial charge in [0.1, 0.15) is 5.69 Å². The molecule has 1 N–H and O–H groups in total. The first-order chi connectivity index (χ1) is 8.49. The van der Waals surface area contributed by atoms with E-state index in [0.717, 1.165) is 30.6 Å². The molecule has 0 bridgehead atoms. The molecule has 1 fully saturated rings. The number of ketones is 1. The number of carbonyl (C=O) groups is 1. The van der Waals surface area contributed by atoms with Crippen LogP contribution in [0.3, 0.4) is 0 Å². The van der Waals surface area contributed by atoms with Crippen molar-refractivity contribution in [1.29, 1.82) is 0 Å². The molecule has 0 saturated carbocycles. The standard InChI is InChI=1S/C10H15N3O3S2/c1-8(14)9-7-17-10(11-9)12-18(15,16)13-5-3-2-4-6-13/h7H,2-6H2,1H3,(H,11,12). The molecule has 0 unspecified atom stereocenters. The summed E-state index contributed by atoms with van der Waals surface area (Å²) in [6.07, 6.45) is 2.84. The van der Waals surface area contributed by atoms with E-state index in [1.165, 1.54) is 11.2 Å². The third kappa shape index (κ3) is 3.06. The molecule has 100 valence electrons. The second-order valence-corrected chi connectivity index (χ2v) is 6.69. The smallest absolute Gasteiger partial charge is 0.293 e. The summed E-state index contributed by atoms with van der Waals surface area (Å²) in [7, 11) is -3.53. The summed E-state index contributed by atoms with van der Waals surface area (Å²) in [5, 5.41) is 1.79. The lowest BCUT2D eigenvalue weighted by molar-refractivity contribution is 0.101. The summed E-state index contributed by atoms with van der Waals surface area (Å²) in [6, 6.07) is 0. The SMILES string of the molecule is CC(=O)c1csc(NS(=O)(=O)N2CCCCC2)n1. The van der Waals surface area contributed by atoms with Crippen LogP contribution in [0.25, 0.3) is 0 Å². The molecule has 0 radical (unpaired) electrons. The number of aromatic nitrogens is 1. The molecule has 0 atom stereocenters. The van der Waals surface area contributed by atoms with Gasteiger partial charge in [-0.15, -0.1) is 11.3 Å². The predicted molar refractivity (Wildman–Crippen MR) is 70.1 cm³/mol. The zero-order chi connectivity index (χ0) is 13.2. The van der Waals surface area contributed by atoms with Crippen LogP contribution < -0.4 is 4.72 Å². The molecule has 1 aliphatic heterocycles. The Kier molecular flexibility index (Phi) is 3.98. The minimum Gasteiger partial charge on any atom is -0.293 e. The summed E-state index contributed by atoms with van der Waals surface area (Å²) in [5.74, 6) is -0.172. The normalized spacial score (nSPS) is 17.6. The van der Waals surface area contributed by atoms with Crippen LogP contribution in [0.1, 0.15) is 36.7 Å². The fraction of sp³-hybridized carbons (Fsp3) is 0.600. The first kappa shape index (κ1) is 13.4. The number of hydrogen-bond acceptors (Lipinski definition) is 5. The molecule has 0 spiro atoms. The van der Waals surface area contributed by atoms with E-state index in [2.05, 4.69) is 9.71 Å². The number of piperidine rings is 1. The molecule has 8 heteroatoms. The van der Waals surface area contributed by atoms with Crippen LogP contribution >= 0.6 is 11.3 Å². The lowest BCUT2D eigenvalue weighted by Gasteiger charge is -2.25. The van der Waals surface area contributed by atoms with Crippen molar-refractivity contribution >= 4 is 32.5 Å². The second kappa shape index (κ2) is 5.33.